The molecule has 0 fully saturated rings. The molecule has 0 aliphatic rings. The summed E-state index contributed by atoms with van der Waals surface area (Å²) in [5.74, 6) is 0.902. The van der Waals surface area contributed by atoms with Crippen molar-refractivity contribution in [2.45, 2.75) is 13.0 Å². The first kappa shape index (κ1) is 16.3. The number of rotatable bonds is 8. The molecule has 0 aromatic heterocycles. The zero-order chi connectivity index (χ0) is 15.0. The summed E-state index contributed by atoms with van der Waals surface area (Å²) in [7, 11) is 3.07. The van der Waals surface area contributed by atoms with Crippen molar-refractivity contribution < 1.29 is 19.4 Å². The lowest BCUT2D eigenvalue weighted by Gasteiger charge is -2.11. The average Bonchev–Trinajstić information content (AvgIpc) is 2.45. The number of hydrogen-bond donors (Lipinski definition) is 3. The van der Waals surface area contributed by atoms with Crippen molar-refractivity contribution in [3.05, 3.63) is 23.8 Å². The van der Waals surface area contributed by atoms with Crippen LogP contribution in [-0.4, -0.2) is 51.0 Å². The molecule has 6 nitrogen and oxygen atoms in total. The summed E-state index contributed by atoms with van der Waals surface area (Å²) in [6.45, 7) is 3.27. The van der Waals surface area contributed by atoms with E-state index in [2.05, 4.69) is 10.6 Å². The number of benzene rings is 1. The van der Waals surface area contributed by atoms with Gasteiger partial charge >= 0.3 is 0 Å². The molecule has 1 aromatic rings. The molecule has 0 radical (unpaired) electrons. The molecule has 1 rings (SSSR count). The minimum absolute atomic E-state index is 0.205. The fourth-order valence-electron chi connectivity index (χ4n) is 1.66. The molecule has 0 saturated carbocycles. The number of methoxy groups -OCH3 is 2. The Morgan fingerprint density at radius 1 is 1.30 bits per heavy atom. The van der Waals surface area contributed by atoms with Gasteiger partial charge in [-0.25, -0.2) is 0 Å². The third kappa shape index (κ3) is 5.07. The standard InChI is InChI=1S/C14H22N2O4/c1-10(17)9-15-6-7-16-14(18)12-5-4-11(19-2)8-13(12)20-3/h4-5,8,10,15,17H,6-7,9H2,1-3H3,(H,16,18). The summed E-state index contributed by atoms with van der Waals surface area (Å²) < 4.78 is 10.3. The second-order valence-corrected chi connectivity index (χ2v) is 4.38. The molecule has 0 spiro atoms. The Hall–Kier alpha value is -1.79. The highest BCUT2D eigenvalue weighted by molar-refractivity contribution is 5.97. The first-order chi connectivity index (χ1) is 9.58. The average molecular weight is 282 g/mol. The van der Waals surface area contributed by atoms with Crippen molar-refractivity contribution in [1.82, 2.24) is 10.6 Å². The van der Waals surface area contributed by atoms with E-state index in [1.165, 1.54) is 7.11 Å². The number of aliphatic hydroxyl groups excluding tert-OH is 1. The normalized spacial score (nSPS) is 11.8. The van der Waals surface area contributed by atoms with Crippen molar-refractivity contribution in [2.24, 2.45) is 0 Å². The van der Waals surface area contributed by atoms with E-state index in [1.807, 2.05) is 0 Å². The largest absolute Gasteiger partial charge is 0.497 e. The zero-order valence-electron chi connectivity index (χ0n) is 12.1. The topological polar surface area (TPSA) is 79.8 Å². The fraction of sp³-hybridized carbons (Fsp3) is 0.500. The van der Waals surface area contributed by atoms with E-state index in [9.17, 15) is 4.79 Å². The highest BCUT2D eigenvalue weighted by atomic mass is 16.5. The Morgan fingerprint density at radius 3 is 2.65 bits per heavy atom. The molecule has 1 unspecified atom stereocenters. The van der Waals surface area contributed by atoms with Gasteiger partial charge in [0.05, 0.1) is 25.9 Å². The fourth-order valence-corrected chi connectivity index (χ4v) is 1.66. The van der Waals surface area contributed by atoms with Crippen LogP contribution in [0, 0.1) is 0 Å². The number of hydrogen-bond acceptors (Lipinski definition) is 5. The van der Waals surface area contributed by atoms with Gasteiger partial charge in [-0.15, -0.1) is 0 Å². The van der Waals surface area contributed by atoms with Gasteiger partial charge in [0.15, 0.2) is 0 Å². The molecule has 0 aliphatic carbocycles. The molecule has 0 saturated heterocycles. The molecule has 0 aliphatic heterocycles. The van der Waals surface area contributed by atoms with E-state index < -0.39 is 6.10 Å². The summed E-state index contributed by atoms with van der Waals surface area (Å²) in [5.41, 5.74) is 0.462. The highest BCUT2D eigenvalue weighted by Gasteiger charge is 2.12. The molecular formula is C14H22N2O4. The maximum atomic E-state index is 12.0. The van der Waals surface area contributed by atoms with E-state index in [4.69, 9.17) is 14.6 Å². The molecule has 112 valence electrons. The summed E-state index contributed by atoms with van der Waals surface area (Å²) in [6.07, 6.45) is -0.396. The van der Waals surface area contributed by atoms with Crippen molar-refractivity contribution in [3.63, 3.8) is 0 Å². The molecule has 1 amide bonds. The van der Waals surface area contributed by atoms with Crippen molar-refractivity contribution in [2.75, 3.05) is 33.9 Å². The third-order valence-electron chi connectivity index (χ3n) is 2.68. The number of aliphatic hydroxyl groups is 1. The molecule has 1 atom stereocenters. The van der Waals surface area contributed by atoms with Gasteiger partial charge in [0.1, 0.15) is 11.5 Å². The number of ether oxygens (including phenoxy) is 2. The van der Waals surface area contributed by atoms with Gasteiger partial charge in [-0.05, 0) is 19.1 Å². The zero-order valence-corrected chi connectivity index (χ0v) is 12.1. The first-order valence-electron chi connectivity index (χ1n) is 6.47. The van der Waals surface area contributed by atoms with E-state index in [0.29, 0.717) is 36.7 Å². The van der Waals surface area contributed by atoms with Gasteiger partial charge in [0.25, 0.3) is 5.91 Å². The van der Waals surface area contributed by atoms with Crippen molar-refractivity contribution in [3.8, 4) is 11.5 Å². The second-order valence-electron chi connectivity index (χ2n) is 4.38. The number of nitrogens with one attached hydrogen (secondary N) is 2. The van der Waals surface area contributed by atoms with Crippen LogP contribution < -0.4 is 20.1 Å². The van der Waals surface area contributed by atoms with Crippen molar-refractivity contribution >= 4 is 5.91 Å². The van der Waals surface area contributed by atoms with Crippen LogP contribution in [0.3, 0.4) is 0 Å². The van der Waals surface area contributed by atoms with Crippen LogP contribution in [0.2, 0.25) is 0 Å². The van der Waals surface area contributed by atoms with Crippen LogP contribution in [0.5, 0.6) is 11.5 Å². The Bertz CT molecular complexity index is 435. The molecule has 6 heteroatoms. The summed E-state index contributed by atoms with van der Waals surface area (Å²) in [4.78, 5) is 12.0. The highest BCUT2D eigenvalue weighted by Crippen LogP contribution is 2.24. The minimum Gasteiger partial charge on any atom is -0.497 e. The van der Waals surface area contributed by atoms with Gasteiger partial charge < -0.3 is 25.2 Å². The Kier molecular flexibility index (Phi) is 6.83. The van der Waals surface area contributed by atoms with Crippen LogP contribution >= 0.6 is 0 Å². The predicted molar refractivity (Wildman–Crippen MR) is 76.4 cm³/mol. The molecule has 0 heterocycles. The number of carbonyl (C=O) groups is 1. The lowest BCUT2D eigenvalue weighted by Crippen LogP contribution is -2.34. The summed E-state index contributed by atoms with van der Waals surface area (Å²) in [5, 5.41) is 14.9. The van der Waals surface area contributed by atoms with Gasteiger partial charge in [-0.2, -0.15) is 0 Å². The van der Waals surface area contributed by atoms with E-state index in [1.54, 1.807) is 32.2 Å². The van der Waals surface area contributed by atoms with E-state index in [-0.39, 0.29) is 5.91 Å². The molecular weight excluding hydrogens is 260 g/mol. The molecule has 20 heavy (non-hydrogen) atoms. The van der Waals surface area contributed by atoms with Gasteiger partial charge in [0.2, 0.25) is 0 Å². The Labute approximate surface area is 119 Å². The first-order valence-corrected chi connectivity index (χ1v) is 6.47. The SMILES string of the molecule is COc1ccc(C(=O)NCCNCC(C)O)c(OC)c1. The van der Waals surface area contributed by atoms with E-state index in [0.717, 1.165) is 0 Å². The maximum Gasteiger partial charge on any atom is 0.255 e. The maximum absolute atomic E-state index is 12.0. The lowest BCUT2D eigenvalue weighted by molar-refractivity contribution is 0.0950. The van der Waals surface area contributed by atoms with E-state index >= 15 is 0 Å². The lowest BCUT2D eigenvalue weighted by atomic mass is 10.1. The Balaban J connectivity index is 2.50. The van der Waals surface area contributed by atoms with Crippen molar-refractivity contribution in [1.29, 1.82) is 0 Å². The predicted octanol–water partition coefficient (Wildman–Crippen LogP) is 0.404. The number of carbonyl (C=O) groups excluding carboxylic acids is 1. The third-order valence-corrected chi connectivity index (χ3v) is 2.68. The quantitative estimate of drug-likeness (QED) is 0.602. The van der Waals surface area contributed by atoms with Crippen LogP contribution in [-0.2, 0) is 0 Å². The van der Waals surface area contributed by atoms with Crippen LogP contribution in [0.25, 0.3) is 0 Å². The molecule has 3 N–H and O–H groups in total. The summed E-state index contributed by atoms with van der Waals surface area (Å²) in [6, 6.07) is 5.04. The van der Waals surface area contributed by atoms with Crippen LogP contribution in [0.1, 0.15) is 17.3 Å². The molecule has 0 bridgehead atoms. The summed E-state index contributed by atoms with van der Waals surface area (Å²) >= 11 is 0. The monoisotopic (exact) mass is 282 g/mol. The number of amides is 1. The molecule has 1 aromatic carbocycles. The van der Waals surface area contributed by atoms with Crippen LogP contribution in [0.4, 0.5) is 0 Å². The minimum atomic E-state index is -0.396. The van der Waals surface area contributed by atoms with Crippen LogP contribution in [0.15, 0.2) is 18.2 Å². The Morgan fingerprint density at radius 2 is 2.05 bits per heavy atom. The smallest absolute Gasteiger partial charge is 0.255 e. The van der Waals surface area contributed by atoms with Gasteiger partial charge in [0, 0.05) is 25.7 Å². The van der Waals surface area contributed by atoms with Gasteiger partial charge in [-0.3, -0.25) is 4.79 Å². The second kappa shape index (κ2) is 8.39. The van der Waals surface area contributed by atoms with Gasteiger partial charge in [-0.1, -0.05) is 0 Å².